The van der Waals surface area contributed by atoms with Crippen LogP contribution in [0.4, 0.5) is 0 Å². The molecule has 1 amide bonds. The SMILES string of the molecule is Clc1cccc(Cl)c1Oc1c(Cl)cccc1Cl.O=C(NCCO)c1cccnc1. The summed E-state index contributed by atoms with van der Waals surface area (Å²) in [5.74, 6) is 0.466. The van der Waals surface area contributed by atoms with E-state index in [0.717, 1.165) is 0 Å². The van der Waals surface area contributed by atoms with Gasteiger partial charge in [0, 0.05) is 18.9 Å². The summed E-state index contributed by atoms with van der Waals surface area (Å²) in [6, 6.07) is 13.5. The summed E-state index contributed by atoms with van der Waals surface area (Å²) < 4.78 is 5.57. The maximum Gasteiger partial charge on any atom is 0.252 e. The molecule has 2 aromatic carbocycles. The Bertz CT molecular complexity index is 866. The highest BCUT2D eigenvalue weighted by molar-refractivity contribution is 6.38. The van der Waals surface area contributed by atoms with Gasteiger partial charge in [-0.1, -0.05) is 58.5 Å². The second-order valence-corrected chi connectivity index (χ2v) is 7.05. The molecule has 0 atom stereocenters. The number of rotatable bonds is 5. The Hall–Kier alpha value is -2.02. The number of hydrogen-bond donors (Lipinski definition) is 2. The van der Waals surface area contributed by atoms with Gasteiger partial charge in [0.1, 0.15) is 0 Å². The maximum absolute atomic E-state index is 11.1. The molecule has 0 spiro atoms. The molecule has 3 rings (SSSR count). The van der Waals surface area contributed by atoms with Crippen LogP contribution in [-0.2, 0) is 0 Å². The Morgan fingerprint density at radius 2 is 1.41 bits per heavy atom. The molecule has 0 fully saturated rings. The van der Waals surface area contributed by atoms with Crippen LogP contribution in [0.5, 0.6) is 11.5 Å². The van der Waals surface area contributed by atoms with Gasteiger partial charge in [0.15, 0.2) is 11.5 Å². The molecule has 0 aliphatic carbocycles. The van der Waals surface area contributed by atoms with Gasteiger partial charge in [-0.3, -0.25) is 9.78 Å². The standard InChI is InChI=1S/C12H6Cl4O.C8H10N2O2/c13-7-3-1-4-8(14)11(7)17-12-9(15)5-2-6-10(12)16;11-5-4-10-8(12)7-2-1-3-9-6-7/h1-6H;1-3,6,11H,4-5H2,(H,10,12). The molecule has 2 N–H and O–H groups in total. The van der Waals surface area contributed by atoms with Gasteiger partial charge < -0.3 is 15.2 Å². The van der Waals surface area contributed by atoms with Gasteiger partial charge >= 0.3 is 0 Å². The lowest BCUT2D eigenvalue weighted by molar-refractivity contribution is 0.0944. The van der Waals surface area contributed by atoms with Crippen molar-refractivity contribution < 1.29 is 14.6 Å². The minimum absolute atomic E-state index is 0.0496. The van der Waals surface area contributed by atoms with E-state index in [0.29, 0.717) is 37.2 Å². The molecule has 0 unspecified atom stereocenters. The number of aliphatic hydroxyl groups excluding tert-OH is 1. The fourth-order valence-corrected chi connectivity index (χ4v) is 2.98. The van der Waals surface area contributed by atoms with Crippen LogP contribution in [0.15, 0.2) is 60.9 Å². The smallest absolute Gasteiger partial charge is 0.252 e. The second-order valence-electron chi connectivity index (χ2n) is 5.42. The van der Waals surface area contributed by atoms with Gasteiger partial charge in [-0.15, -0.1) is 0 Å². The van der Waals surface area contributed by atoms with E-state index in [1.807, 2.05) is 0 Å². The summed E-state index contributed by atoms with van der Waals surface area (Å²) in [5, 5.41) is 12.5. The largest absolute Gasteiger partial charge is 0.451 e. The zero-order chi connectivity index (χ0) is 21.2. The lowest BCUT2D eigenvalue weighted by atomic mass is 10.3. The Kier molecular flexibility index (Phi) is 9.51. The monoisotopic (exact) mass is 472 g/mol. The number of carbonyl (C=O) groups excluding carboxylic acids is 1. The van der Waals surface area contributed by atoms with Crippen LogP contribution in [0.2, 0.25) is 20.1 Å². The predicted molar refractivity (Wildman–Crippen MR) is 117 cm³/mol. The van der Waals surface area contributed by atoms with Crippen molar-refractivity contribution in [2.24, 2.45) is 0 Å². The molecule has 0 aliphatic rings. The van der Waals surface area contributed by atoms with Crippen molar-refractivity contribution in [3.8, 4) is 11.5 Å². The molecule has 0 radical (unpaired) electrons. The van der Waals surface area contributed by atoms with Gasteiger partial charge in [-0.25, -0.2) is 0 Å². The lowest BCUT2D eigenvalue weighted by Crippen LogP contribution is -2.26. The summed E-state index contributed by atoms with van der Waals surface area (Å²) in [5.41, 5.74) is 0.506. The summed E-state index contributed by atoms with van der Waals surface area (Å²) in [4.78, 5) is 14.9. The highest BCUT2D eigenvalue weighted by atomic mass is 35.5. The van der Waals surface area contributed by atoms with E-state index in [4.69, 9.17) is 56.2 Å². The highest BCUT2D eigenvalue weighted by Crippen LogP contribution is 2.41. The molecule has 0 saturated carbocycles. The van der Waals surface area contributed by atoms with Crippen molar-refractivity contribution in [3.63, 3.8) is 0 Å². The number of carbonyl (C=O) groups is 1. The number of pyridine rings is 1. The third-order valence-corrected chi connectivity index (χ3v) is 4.55. The van der Waals surface area contributed by atoms with Gasteiger partial charge in [0.25, 0.3) is 5.91 Å². The van der Waals surface area contributed by atoms with Crippen LogP contribution in [-0.4, -0.2) is 29.1 Å². The molecule has 152 valence electrons. The van der Waals surface area contributed by atoms with Crippen LogP contribution >= 0.6 is 46.4 Å². The van der Waals surface area contributed by atoms with Gasteiger partial charge in [-0.2, -0.15) is 0 Å². The average molecular weight is 474 g/mol. The first-order valence-corrected chi connectivity index (χ1v) is 9.80. The first kappa shape index (κ1) is 23.3. The van der Waals surface area contributed by atoms with Crippen LogP contribution in [0.3, 0.4) is 0 Å². The summed E-state index contributed by atoms with van der Waals surface area (Å²) in [7, 11) is 0. The number of benzene rings is 2. The molecule has 0 saturated heterocycles. The van der Waals surface area contributed by atoms with Crippen molar-refractivity contribution in [3.05, 3.63) is 86.6 Å². The third-order valence-electron chi connectivity index (χ3n) is 3.36. The third kappa shape index (κ3) is 7.07. The van der Waals surface area contributed by atoms with Crippen LogP contribution < -0.4 is 10.1 Å². The van der Waals surface area contributed by atoms with E-state index in [2.05, 4.69) is 10.3 Å². The minimum Gasteiger partial charge on any atom is -0.451 e. The van der Waals surface area contributed by atoms with E-state index < -0.39 is 0 Å². The van der Waals surface area contributed by atoms with Gasteiger partial charge in [0.05, 0.1) is 32.3 Å². The van der Waals surface area contributed by atoms with Crippen LogP contribution in [0.25, 0.3) is 0 Å². The first-order valence-electron chi connectivity index (χ1n) is 8.29. The molecule has 0 bridgehead atoms. The fourth-order valence-electron chi connectivity index (χ4n) is 2.03. The Morgan fingerprint density at radius 1 is 0.897 bits per heavy atom. The summed E-state index contributed by atoms with van der Waals surface area (Å²) in [6.45, 7) is 0.222. The topological polar surface area (TPSA) is 71.5 Å². The van der Waals surface area contributed by atoms with Gasteiger partial charge in [0.2, 0.25) is 0 Å². The number of ether oxygens (including phenoxy) is 1. The number of nitrogens with zero attached hydrogens (tertiary/aromatic N) is 1. The molecule has 9 heteroatoms. The normalized spacial score (nSPS) is 9.97. The van der Waals surface area contributed by atoms with E-state index in [-0.39, 0.29) is 19.1 Å². The second kappa shape index (κ2) is 11.9. The van der Waals surface area contributed by atoms with Crippen molar-refractivity contribution in [2.45, 2.75) is 0 Å². The van der Waals surface area contributed by atoms with Crippen molar-refractivity contribution in [1.29, 1.82) is 0 Å². The molecule has 5 nitrogen and oxygen atoms in total. The quantitative estimate of drug-likeness (QED) is 0.484. The first-order chi connectivity index (χ1) is 13.9. The number of nitrogens with one attached hydrogen (secondary N) is 1. The molecular formula is C20H16Cl4N2O3. The van der Waals surface area contributed by atoms with Gasteiger partial charge in [-0.05, 0) is 36.4 Å². The molecular weight excluding hydrogens is 458 g/mol. The van der Waals surface area contributed by atoms with Crippen molar-refractivity contribution >= 4 is 52.3 Å². The number of aliphatic hydroxyl groups is 1. The van der Waals surface area contributed by atoms with Crippen molar-refractivity contribution in [1.82, 2.24) is 10.3 Å². The average Bonchev–Trinajstić information content (AvgIpc) is 2.72. The zero-order valence-corrected chi connectivity index (χ0v) is 17.9. The summed E-state index contributed by atoms with van der Waals surface area (Å²) in [6.07, 6.45) is 3.08. The van der Waals surface area contributed by atoms with Crippen LogP contribution in [0.1, 0.15) is 10.4 Å². The number of para-hydroxylation sites is 2. The van der Waals surface area contributed by atoms with E-state index >= 15 is 0 Å². The maximum atomic E-state index is 11.1. The molecule has 29 heavy (non-hydrogen) atoms. The molecule has 3 aromatic rings. The zero-order valence-electron chi connectivity index (χ0n) is 14.9. The number of amides is 1. The Morgan fingerprint density at radius 3 is 1.83 bits per heavy atom. The fraction of sp³-hybridized carbons (Fsp3) is 0.100. The van der Waals surface area contributed by atoms with E-state index in [1.165, 1.54) is 6.20 Å². The molecule has 1 aromatic heterocycles. The Labute approximate surface area is 188 Å². The number of hydrogen-bond acceptors (Lipinski definition) is 4. The summed E-state index contributed by atoms with van der Waals surface area (Å²) >= 11 is 24.0. The van der Waals surface area contributed by atoms with Crippen molar-refractivity contribution in [2.75, 3.05) is 13.2 Å². The highest BCUT2D eigenvalue weighted by Gasteiger charge is 2.13. The molecule has 1 heterocycles. The van der Waals surface area contributed by atoms with E-state index in [1.54, 1.807) is 54.7 Å². The van der Waals surface area contributed by atoms with E-state index in [9.17, 15) is 4.79 Å². The lowest BCUT2D eigenvalue weighted by Gasteiger charge is -2.11. The number of aromatic nitrogens is 1. The van der Waals surface area contributed by atoms with Crippen LogP contribution in [0, 0.1) is 0 Å². The molecule has 0 aliphatic heterocycles. The minimum atomic E-state index is -0.211. The number of halogens is 4. The Balaban J connectivity index is 0.000000221. The predicted octanol–water partition coefficient (Wildman–Crippen LogP) is 5.90.